The minimum absolute atomic E-state index is 0.287. The van der Waals surface area contributed by atoms with E-state index in [0.717, 1.165) is 25.0 Å². The highest BCUT2D eigenvalue weighted by atomic mass is 79.9. The molecule has 0 saturated carbocycles. The molecule has 1 atom stereocenters. The third kappa shape index (κ3) is 3.90. The van der Waals surface area contributed by atoms with Crippen LogP contribution in [0.15, 0.2) is 0 Å². The highest BCUT2D eigenvalue weighted by Gasteiger charge is 2.27. The third-order valence-electron chi connectivity index (χ3n) is 2.48. The number of hydrogen-bond donors (Lipinski definition) is 0. The van der Waals surface area contributed by atoms with Gasteiger partial charge in [0, 0.05) is 17.4 Å². The van der Waals surface area contributed by atoms with Crippen LogP contribution >= 0.6 is 15.9 Å². The molecule has 74 valence electrons. The molecule has 0 spiro atoms. The number of hydrogen-bond acceptors (Lipinski definition) is 1. The fourth-order valence-corrected chi connectivity index (χ4v) is 1.62. The lowest BCUT2D eigenvalue weighted by Crippen LogP contribution is -2.31. The van der Waals surface area contributed by atoms with Crippen molar-refractivity contribution in [2.75, 3.05) is 18.5 Å². The van der Waals surface area contributed by atoms with E-state index >= 15 is 0 Å². The van der Waals surface area contributed by atoms with E-state index in [1.165, 1.54) is 0 Å². The van der Waals surface area contributed by atoms with Gasteiger partial charge in [0.2, 0.25) is 0 Å². The normalized spacial score (nSPS) is 16.5. The Bertz CT molecular complexity index is 114. The van der Waals surface area contributed by atoms with E-state index < -0.39 is 0 Å². The van der Waals surface area contributed by atoms with Gasteiger partial charge >= 0.3 is 0 Å². The lowest BCUT2D eigenvalue weighted by Gasteiger charge is -2.31. The first kappa shape index (κ1) is 12.4. The summed E-state index contributed by atoms with van der Waals surface area (Å²) in [4.78, 5) is 0. The Morgan fingerprint density at radius 1 is 1.42 bits per heavy atom. The monoisotopic (exact) mass is 236 g/mol. The van der Waals surface area contributed by atoms with Crippen LogP contribution in [0.3, 0.4) is 0 Å². The van der Waals surface area contributed by atoms with Gasteiger partial charge in [0.1, 0.15) is 0 Å². The molecule has 0 aliphatic heterocycles. The molecule has 1 unspecified atom stereocenters. The molecule has 0 aromatic carbocycles. The van der Waals surface area contributed by atoms with Gasteiger partial charge in [0.05, 0.1) is 6.61 Å². The van der Waals surface area contributed by atoms with Gasteiger partial charge in [-0.3, -0.25) is 0 Å². The predicted octanol–water partition coefficient (Wildman–Crippen LogP) is 3.47. The molecule has 0 aromatic heterocycles. The summed E-state index contributed by atoms with van der Waals surface area (Å²) in [5.41, 5.74) is 0.287. The van der Waals surface area contributed by atoms with Crippen molar-refractivity contribution >= 4 is 15.9 Å². The lowest BCUT2D eigenvalue weighted by molar-refractivity contribution is 0.0415. The van der Waals surface area contributed by atoms with Crippen LogP contribution in [-0.4, -0.2) is 18.5 Å². The zero-order valence-electron chi connectivity index (χ0n) is 8.69. The molecule has 0 saturated heterocycles. The quantitative estimate of drug-likeness (QED) is 0.507. The van der Waals surface area contributed by atoms with Crippen molar-refractivity contribution in [2.24, 2.45) is 11.3 Å². The molecule has 0 fully saturated rings. The number of halogens is 1. The molecule has 2 heteroatoms. The van der Waals surface area contributed by atoms with Gasteiger partial charge in [-0.05, 0) is 12.3 Å². The summed E-state index contributed by atoms with van der Waals surface area (Å²) in [6, 6.07) is 0. The largest absolute Gasteiger partial charge is 0.381 e. The van der Waals surface area contributed by atoms with Crippen molar-refractivity contribution in [3.63, 3.8) is 0 Å². The van der Waals surface area contributed by atoms with Crippen molar-refractivity contribution in [1.29, 1.82) is 0 Å². The molecule has 1 nitrogen and oxygen atoms in total. The molecular weight excluding hydrogens is 216 g/mol. The van der Waals surface area contributed by atoms with Crippen LogP contribution in [0.1, 0.15) is 34.1 Å². The van der Waals surface area contributed by atoms with Gasteiger partial charge in [0.15, 0.2) is 0 Å². The van der Waals surface area contributed by atoms with E-state index in [0.29, 0.717) is 5.92 Å². The fraction of sp³-hybridized carbons (Fsp3) is 1.00. The van der Waals surface area contributed by atoms with Crippen molar-refractivity contribution in [3.05, 3.63) is 0 Å². The maximum Gasteiger partial charge on any atom is 0.0530 e. The van der Waals surface area contributed by atoms with E-state index in [4.69, 9.17) is 4.74 Å². The van der Waals surface area contributed by atoms with E-state index in [9.17, 15) is 0 Å². The van der Waals surface area contributed by atoms with Crippen LogP contribution in [-0.2, 0) is 4.74 Å². The molecule has 12 heavy (non-hydrogen) atoms. The number of rotatable bonds is 6. The minimum atomic E-state index is 0.287. The van der Waals surface area contributed by atoms with Gasteiger partial charge < -0.3 is 4.74 Å². The van der Waals surface area contributed by atoms with Crippen molar-refractivity contribution in [2.45, 2.75) is 34.1 Å². The van der Waals surface area contributed by atoms with E-state index in [1.54, 1.807) is 0 Å². The topological polar surface area (TPSA) is 9.23 Å². The van der Waals surface area contributed by atoms with E-state index in [2.05, 4.69) is 43.6 Å². The van der Waals surface area contributed by atoms with E-state index in [1.807, 2.05) is 0 Å². The molecule has 0 aromatic rings. The molecule has 0 aliphatic rings. The van der Waals surface area contributed by atoms with Crippen LogP contribution < -0.4 is 0 Å². The molecule has 0 N–H and O–H groups in total. The first-order chi connectivity index (χ1) is 5.56. The van der Waals surface area contributed by atoms with E-state index in [-0.39, 0.29) is 5.41 Å². The molecular formula is C10H21BrO. The fourth-order valence-electron chi connectivity index (χ4n) is 0.809. The second-order valence-corrected chi connectivity index (χ2v) is 4.56. The summed E-state index contributed by atoms with van der Waals surface area (Å²) in [5, 5.41) is 1.02. The second kappa shape index (κ2) is 5.98. The van der Waals surface area contributed by atoms with Crippen LogP contribution in [0.5, 0.6) is 0 Å². The van der Waals surface area contributed by atoms with Crippen molar-refractivity contribution in [3.8, 4) is 0 Å². The van der Waals surface area contributed by atoms with Gasteiger partial charge in [-0.2, -0.15) is 0 Å². The van der Waals surface area contributed by atoms with Crippen LogP contribution in [0.25, 0.3) is 0 Å². The first-order valence-corrected chi connectivity index (χ1v) is 5.82. The highest BCUT2D eigenvalue weighted by molar-refractivity contribution is 9.09. The zero-order valence-corrected chi connectivity index (χ0v) is 10.3. The molecule has 0 heterocycles. The third-order valence-corrected chi connectivity index (χ3v) is 3.76. The Morgan fingerprint density at radius 3 is 2.33 bits per heavy atom. The lowest BCUT2D eigenvalue weighted by atomic mass is 9.82. The predicted molar refractivity (Wildman–Crippen MR) is 57.8 cm³/mol. The Labute approximate surface area is 85.0 Å². The Kier molecular flexibility index (Phi) is 6.20. The standard InChI is InChI=1S/C10H21BrO/c1-5-6-12-8-10(4,7-11)9(2)3/h9H,5-8H2,1-4H3. The average Bonchev–Trinajstić information content (AvgIpc) is 2.04. The maximum absolute atomic E-state index is 5.57. The highest BCUT2D eigenvalue weighted by Crippen LogP contribution is 2.29. The first-order valence-electron chi connectivity index (χ1n) is 4.70. The molecule has 0 rings (SSSR count). The maximum atomic E-state index is 5.57. The Hall–Kier alpha value is 0.440. The Balaban J connectivity index is 3.80. The van der Waals surface area contributed by atoms with Crippen LogP contribution in [0.2, 0.25) is 0 Å². The van der Waals surface area contributed by atoms with Crippen molar-refractivity contribution < 1.29 is 4.74 Å². The zero-order chi connectivity index (χ0) is 9.61. The Morgan fingerprint density at radius 2 is 2.00 bits per heavy atom. The summed E-state index contributed by atoms with van der Waals surface area (Å²) in [5.74, 6) is 0.661. The van der Waals surface area contributed by atoms with Gasteiger partial charge in [-0.1, -0.05) is 43.6 Å². The van der Waals surface area contributed by atoms with Gasteiger partial charge in [0.25, 0.3) is 0 Å². The molecule has 0 aliphatic carbocycles. The second-order valence-electron chi connectivity index (χ2n) is 3.99. The van der Waals surface area contributed by atoms with Gasteiger partial charge in [-0.15, -0.1) is 0 Å². The summed E-state index contributed by atoms with van der Waals surface area (Å²) >= 11 is 3.54. The summed E-state index contributed by atoms with van der Waals surface area (Å²) in [7, 11) is 0. The molecule has 0 amide bonds. The number of alkyl halides is 1. The molecule has 0 radical (unpaired) electrons. The summed E-state index contributed by atoms with van der Waals surface area (Å²) in [6.07, 6.45) is 1.11. The van der Waals surface area contributed by atoms with Crippen molar-refractivity contribution in [1.82, 2.24) is 0 Å². The SMILES string of the molecule is CCCOCC(C)(CBr)C(C)C. The average molecular weight is 237 g/mol. The smallest absolute Gasteiger partial charge is 0.0530 e. The van der Waals surface area contributed by atoms with Crippen LogP contribution in [0, 0.1) is 11.3 Å². The molecule has 0 bridgehead atoms. The summed E-state index contributed by atoms with van der Waals surface area (Å²) < 4.78 is 5.57. The minimum Gasteiger partial charge on any atom is -0.381 e. The number of ether oxygens (including phenoxy) is 1. The van der Waals surface area contributed by atoms with Crippen LogP contribution in [0.4, 0.5) is 0 Å². The van der Waals surface area contributed by atoms with Gasteiger partial charge in [-0.25, -0.2) is 0 Å². The summed E-state index contributed by atoms with van der Waals surface area (Å²) in [6.45, 7) is 10.6.